The van der Waals surface area contributed by atoms with E-state index in [1.54, 1.807) is 54.7 Å². The van der Waals surface area contributed by atoms with Crippen molar-refractivity contribution in [1.82, 2.24) is 15.3 Å². The molecule has 55 heavy (non-hydrogen) atoms. The van der Waals surface area contributed by atoms with Gasteiger partial charge in [-0.15, -0.1) is 0 Å². The van der Waals surface area contributed by atoms with Crippen LogP contribution in [0.15, 0.2) is 77.8 Å². The molecule has 17 heteroatoms. The SMILES string of the molecule is CC(=O)Nc1cc(COC(=O)CCNC(=O)c2ccc(N=Cc3ccc(C(=O)OCc4cc(NC(C)=O)nc(NC(C)=O)c4)cc3)cc2)cc(NC(C)=O)n1. The monoisotopic (exact) mass is 750 g/mol. The van der Waals surface area contributed by atoms with E-state index in [1.165, 1.54) is 52.0 Å². The first-order valence-corrected chi connectivity index (χ1v) is 16.7. The van der Waals surface area contributed by atoms with Crippen molar-refractivity contribution < 1.29 is 43.0 Å². The molecule has 0 unspecified atom stereocenters. The van der Waals surface area contributed by atoms with Gasteiger partial charge in [-0.1, -0.05) is 12.1 Å². The molecule has 0 saturated heterocycles. The third kappa shape index (κ3) is 14.0. The first kappa shape index (κ1) is 40.5. The van der Waals surface area contributed by atoms with E-state index in [0.717, 1.165) is 0 Å². The summed E-state index contributed by atoms with van der Waals surface area (Å²) < 4.78 is 10.7. The maximum atomic E-state index is 12.7. The highest BCUT2D eigenvalue weighted by Gasteiger charge is 2.13. The van der Waals surface area contributed by atoms with Crippen LogP contribution in [0.4, 0.5) is 29.0 Å². The summed E-state index contributed by atoms with van der Waals surface area (Å²) in [6.07, 6.45) is 1.49. The van der Waals surface area contributed by atoms with Crippen molar-refractivity contribution in [2.45, 2.75) is 47.3 Å². The van der Waals surface area contributed by atoms with E-state index in [4.69, 9.17) is 9.47 Å². The molecule has 284 valence electrons. The lowest BCUT2D eigenvalue weighted by Crippen LogP contribution is -2.26. The number of esters is 2. The number of aliphatic imine (C=N–C) groups is 1. The van der Waals surface area contributed by atoms with E-state index in [9.17, 15) is 33.6 Å². The summed E-state index contributed by atoms with van der Waals surface area (Å²) in [4.78, 5) is 96.1. The first-order valence-electron chi connectivity index (χ1n) is 16.7. The Morgan fingerprint density at radius 1 is 0.600 bits per heavy atom. The molecule has 0 fully saturated rings. The Morgan fingerprint density at radius 2 is 1.04 bits per heavy atom. The molecule has 0 bridgehead atoms. The van der Waals surface area contributed by atoms with Crippen molar-refractivity contribution in [2.24, 2.45) is 4.99 Å². The van der Waals surface area contributed by atoms with Gasteiger partial charge < -0.3 is 36.1 Å². The Hall–Kier alpha value is -7.30. The number of ether oxygens (including phenoxy) is 2. The largest absolute Gasteiger partial charge is 0.461 e. The standard InChI is InChI=1S/C38H38N8O9/c1-22(47)41-32-15-27(16-33(45-32)42-23(2)48)20-54-36(51)13-14-39-37(52)29-9-11-31(12-10-29)40-19-26-5-7-30(8-6-26)38(53)55-21-28-17-34(43-24(3)49)46-35(18-28)44-25(4)50/h5-12,15-19H,13-14,20-21H2,1-4H3,(H,39,52)(H2,41,42,45,47,48)(H2,43,44,46,49,50). The lowest BCUT2D eigenvalue weighted by Gasteiger charge is -2.10. The molecule has 17 nitrogen and oxygen atoms in total. The molecule has 2 aromatic heterocycles. The molecule has 4 aromatic rings. The van der Waals surface area contributed by atoms with Crippen molar-refractivity contribution >= 4 is 76.6 Å². The number of nitrogens with one attached hydrogen (secondary N) is 5. The maximum absolute atomic E-state index is 12.7. The van der Waals surface area contributed by atoms with Gasteiger partial charge in [0.1, 0.15) is 36.5 Å². The molecule has 0 aliphatic carbocycles. The van der Waals surface area contributed by atoms with Crippen LogP contribution < -0.4 is 26.6 Å². The van der Waals surface area contributed by atoms with Crippen LogP contribution in [-0.4, -0.2) is 64.2 Å². The predicted molar refractivity (Wildman–Crippen MR) is 202 cm³/mol. The fourth-order valence-electron chi connectivity index (χ4n) is 4.72. The minimum absolute atomic E-state index is 0.0224. The molecule has 0 atom stereocenters. The number of benzene rings is 2. The van der Waals surface area contributed by atoms with E-state index < -0.39 is 17.8 Å². The number of rotatable bonds is 15. The molecule has 0 saturated carbocycles. The topological polar surface area (TPSA) is 236 Å². The van der Waals surface area contributed by atoms with Crippen LogP contribution >= 0.6 is 0 Å². The van der Waals surface area contributed by atoms with Crippen molar-refractivity contribution in [2.75, 3.05) is 27.8 Å². The summed E-state index contributed by atoms with van der Waals surface area (Å²) in [5.41, 5.74) is 2.90. The van der Waals surface area contributed by atoms with Gasteiger partial charge in [0.15, 0.2) is 0 Å². The van der Waals surface area contributed by atoms with Gasteiger partial charge in [0.25, 0.3) is 5.91 Å². The van der Waals surface area contributed by atoms with Crippen LogP contribution in [0.1, 0.15) is 71.5 Å². The van der Waals surface area contributed by atoms with E-state index in [0.29, 0.717) is 33.5 Å². The molecule has 2 aromatic carbocycles. The normalized spacial score (nSPS) is 10.5. The fraction of sp³-hybridized carbons (Fsp3) is 0.211. The van der Waals surface area contributed by atoms with Crippen LogP contribution in [0.2, 0.25) is 0 Å². The Balaban J connectivity index is 1.23. The van der Waals surface area contributed by atoms with Crippen LogP contribution in [0.5, 0.6) is 0 Å². The third-order valence-electron chi connectivity index (χ3n) is 7.01. The van der Waals surface area contributed by atoms with Gasteiger partial charge in [-0.3, -0.25) is 33.8 Å². The summed E-state index contributed by atoms with van der Waals surface area (Å²) in [5.74, 6) is -2.22. The Bertz CT molecular complexity index is 2050. The third-order valence-corrected chi connectivity index (χ3v) is 7.01. The van der Waals surface area contributed by atoms with Crippen LogP contribution in [-0.2, 0) is 46.7 Å². The van der Waals surface area contributed by atoms with Crippen LogP contribution in [0.25, 0.3) is 0 Å². The Kier molecular flexibility index (Phi) is 14.4. The summed E-state index contributed by atoms with van der Waals surface area (Å²) in [6.45, 7) is 5.00. The quantitative estimate of drug-likeness (QED) is 0.0849. The highest BCUT2D eigenvalue weighted by molar-refractivity contribution is 5.95. The summed E-state index contributed by atoms with van der Waals surface area (Å²) in [6, 6.07) is 19.1. The molecule has 2 heterocycles. The maximum Gasteiger partial charge on any atom is 0.338 e. The minimum Gasteiger partial charge on any atom is -0.461 e. The average Bonchev–Trinajstić information content (AvgIpc) is 3.11. The first-order chi connectivity index (χ1) is 26.2. The zero-order valence-electron chi connectivity index (χ0n) is 30.3. The van der Waals surface area contributed by atoms with E-state index in [1.807, 2.05) is 0 Å². The van der Waals surface area contributed by atoms with Crippen molar-refractivity contribution in [3.63, 3.8) is 0 Å². The zero-order valence-corrected chi connectivity index (χ0v) is 30.3. The smallest absolute Gasteiger partial charge is 0.338 e. The lowest BCUT2D eigenvalue weighted by atomic mass is 10.1. The molecule has 0 aliphatic rings. The molecule has 5 N–H and O–H groups in total. The number of pyridine rings is 2. The minimum atomic E-state index is -0.588. The van der Waals surface area contributed by atoms with Crippen LogP contribution in [0.3, 0.4) is 0 Å². The second-order valence-electron chi connectivity index (χ2n) is 11.9. The number of carbonyl (C=O) groups excluding carboxylic acids is 7. The number of anilines is 4. The summed E-state index contributed by atoms with van der Waals surface area (Å²) >= 11 is 0. The predicted octanol–water partition coefficient (Wildman–Crippen LogP) is 4.28. The second-order valence-corrected chi connectivity index (χ2v) is 11.9. The van der Waals surface area contributed by atoms with Crippen molar-refractivity contribution in [1.29, 1.82) is 0 Å². The van der Waals surface area contributed by atoms with Crippen molar-refractivity contribution in [3.8, 4) is 0 Å². The molecular formula is C38H38N8O9. The average molecular weight is 751 g/mol. The van der Waals surface area contributed by atoms with Gasteiger partial charge in [0, 0.05) is 46.0 Å². The number of carbonyl (C=O) groups is 7. The molecule has 0 spiro atoms. The van der Waals surface area contributed by atoms with Gasteiger partial charge in [0.05, 0.1) is 17.7 Å². The van der Waals surface area contributed by atoms with E-state index in [-0.39, 0.29) is 73.1 Å². The van der Waals surface area contributed by atoms with Crippen LogP contribution in [0, 0.1) is 0 Å². The van der Waals surface area contributed by atoms with Gasteiger partial charge in [-0.05, 0) is 77.4 Å². The van der Waals surface area contributed by atoms with Gasteiger partial charge in [-0.25, -0.2) is 14.8 Å². The zero-order chi connectivity index (χ0) is 39.9. The highest BCUT2D eigenvalue weighted by atomic mass is 16.5. The highest BCUT2D eigenvalue weighted by Crippen LogP contribution is 2.18. The number of hydrogen-bond donors (Lipinski definition) is 5. The lowest BCUT2D eigenvalue weighted by molar-refractivity contribution is -0.144. The number of hydrogen-bond acceptors (Lipinski definition) is 12. The molecule has 0 radical (unpaired) electrons. The number of nitrogens with zero attached hydrogens (tertiary/aromatic N) is 3. The van der Waals surface area contributed by atoms with E-state index >= 15 is 0 Å². The van der Waals surface area contributed by atoms with Crippen molar-refractivity contribution in [3.05, 3.63) is 101 Å². The van der Waals surface area contributed by atoms with Gasteiger partial charge in [0.2, 0.25) is 23.6 Å². The Labute approximate surface area is 315 Å². The number of amides is 5. The molecular weight excluding hydrogens is 712 g/mol. The number of aromatic nitrogens is 2. The van der Waals surface area contributed by atoms with E-state index in [2.05, 4.69) is 41.5 Å². The summed E-state index contributed by atoms with van der Waals surface area (Å²) in [7, 11) is 0. The molecule has 5 amide bonds. The second kappa shape index (κ2) is 19.5. The fourth-order valence-corrected chi connectivity index (χ4v) is 4.72. The van der Waals surface area contributed by atoms with Gasteiger partial charge >= 0.3 is 11.9 Å². The molecule has 4 rings (SSSR count). The van der Waals surface area contributed by atoms with Gasteiger partial charge in [-0.2, -0.15) is 0 Å². The Morgan fingerprint density at radius 3 is 1.49 bits per heavy atom. The summed E-state index contributed by atoms with van der Waals surface area (Å²) in [5, 5.41) is 12.8. The molecule has 0 aliphatic heterocycles.